The van der Waals surface area contributed by atoms with Crippen LogP contribution in [0.3, 0.4) is 0 Å². The Hall–Kier alpha value is -2.49. The van der Waals surface area contributed by atoms with Gasteiger partial charge in [0, 0.05) is 17.6 Å². The highest BCUT2D eigenvalue weighted by Gasteiger charge is 2.34. The molecular weight excluding hydrogens is 640 g/mol. The summed E-state index contributed by atoms with van der Waals surface area (Å²) in [5.74, 6) is -0.979. The zero-order chi connectivity index (χ0) is 31.2. The van der Waals surface area contributed by atoms with Gasteiger partial charge in [-0.2, -0.15) is 0 Å². The summed E-state index contributed by atoms with van der Waals surface area (Å²) >= 11 is 25.1. The number of aryl methyl sites for hydroxylation is 1. The van der Waals surface area contributed by atoms with Gasteiger partial charge in [0.1, 0.15) is 12.6 Å². The molecule has 2 unspecified atom stereocenters. The van der Waals surface area contributed by atoms with E-state index in [0.717, 1.165) is 9.87 Å². The van der Waals surface area contributed by atoms with Gasteiger partial charge in [-0.1, -0.05) is 84.0 Å². The van der Waals surface area contributed by atoms with E-state index >= 15 is 0 Å². The number of nitrogens with one attached hydrogen (secondary N) is 1. The van der Waals surface area contributed by atoms with Crippen LogP contribution in [0.5, 0.6) is 0 Å². The standard InChI is InChI=1S/C30H33Cl4N3O4S/c1-5-20(4)35-30(39)27(6-2)36(17-21-9-13-24(32)26(34)15-21)29(38)18-37(28-16-22(31)10-14-25(28)33)42(40,41)23-11-7-19(3)8-12-23/h7-16,20,27H,5-6,17-18H2,1-4H3,(H,35,39). The molecule has 0 fully saturated rings. The van der Waals surface area contributed by atoms with Crippen molar-refractivity contribution >= 4 is 73.9 Å². The molecule has 2 amide bonds. The Balaban J connectivity index is 2.12. The molecule has 0 saturated carbocycles. The van der Waals surface area contributed by atoms with E-state index in [2.05, 4.69) is 5.32 Å². The Morgan fingerprint density at radius 3 is 2.10 bits per heavy atom. The number of amides is 2. The van der Waals surface area contributed by atoms with Gasteiger partial charge in [-0.3, -0.25) is 13.9 Å². The summed E-state index contributed by atoms with van der Waals surface area (Å²) in [6.45, 7) is 6.75. The van der Waals surface area contributed by atoms with Crippen LogP contribution in [0.15, 0.2) is 65.6 Å². The van der Waals surface area contributed by atoms with Crippen molar-refractivity contribution < 1.29 is 18.0 Å². The van der Waals surface area contributed by atoms with E-state index in [1.165, 1.54) is 35.2 Å². The van der Waals surface area contributed by atoms with Gasteiger partial charge in [-0.05, 0) is 74.7 Å². The predicted octanol–water partition coefficient (Wildman–Crippen LogP) is 7.53. The van der Waals surface area contributed by atoms with Crippen LogP contribution in [0.4, 0.5) is 5.69 Å². The summed E-state index contributed by atoms with van der Waals surface area (Å²) < 4.78 is 28.9. The third kappa shape index (κ3) is 8.32. The zero-order valence-corrected chi connectivity index (χ0v) is 27.5. The number of benzene rings is 3. The summed E-state index contributed by atoms with van der Waals surface area (Å²) in [6.07, 6.45) is 0.969. The molecule has 12 heteroatoms. The Morgan fingerprint density at radius 2 is 1.50 bits per heavy atom. The van der Waals surface area contributed by atoms with Gasteiger partial charge in [0.05, 0.1) is 25.7 Å². The average Bonchev–Trinajstić information content (AvgIpc) is 2.94. The first-order valence-electron chi connectivity index (χ1n) is 13.4. The quantitative estimate of drug-likeness (QED) is 0.216. The lowest BCUT2D eigenvalue weighted by Crippen LogP contribution is -2.53. The summed E-state index contributed by atoms with van der Waals surface area (Å²) in [6, 6.07) is 14.5. The molecule has 7 nitrogen and oxygen atoms in total. The second-order valence-electron chi connectivity index (χ2n) is 9.93. The van der Waals surface area contributed by atoms with Crippen LogP contribution >= 0.6 is 46.4 Å². The summed E-state index contributed by atoms with van der Waals surface area (Å²) in [5.41, 5.74) is 1.51. The summed E-state index contributed by atoms with van der Waals surface area (Å²) in [4.78, 5) is 28.9. The number of sulfonamides is 1. The SMILES string of the molecule is CCC(C)NC(=O)C(CC)N(Cc1ccc(Cl)c(Cl)c1)C(=O)CN(c1cc(Cl)ccc1Cl)S(=O)(=O)c1ccc(C)cc1. The fourth-order valence-electron chi connectivity index (χ4n) is 4.22. The van der Waals surface area contributed by atoms with E-state index in [1.54, 1.807) is 37.3 Å². The molecule has 226 valence electrons. The highest BCUT2D eigenvalue weighted by atomic mass is 35.5. The molecule has 2 atom stereocenters. The number of anilines is 1. The van der Waals surface area contributed by atoms with Crippen LogP contribution in [0, 0.1) is 6.92 Å². The number of carbonyl (C=O) groups excluding carboxylic acids is 2. The maximum absolute atomic E-state index is 14.2. The monoisotopic (exact) mass is 671 g/mol. The molecule has 3 aromatic rings. The first-order valence-corrected chi connectivity index (χ1v) is 16.3. The van der Waals surface area contributed by atoms with Gasteiger partial charge in [-0.15, -0.1) is 0 Å². The molecule has 0 heterocycles. The second-order valence-corrected chi connectivity index (χ2v) is 13.5. The van der Waals surface area contributed by atoms with Crippen LogP contribution in [-0.4, -0.2) is 43.8 Å². The van der Waals surface area contributed by atoms with E-state index in [-0.39, 0.29) is 50.6 Å². The van der Waals surface area contributed by atoms with E-state index < -0.39 is 28.5 Å². The normalized spacial score (nSPS) is 12.9. The number of nitrogens with zero attached hydrogens (tertiary/aromatic N) is 2. The van der Waals surface area contributed by atoms with E-state index in [0.29, 0.717) is 17.0 Å². The highest BCUT2D eigenvalue weighted by molar-refractivity contribution is 7.92. The van der Waals surface area contributed by atoms with Crippen LogP contribution in [-0.2, 0) is 26.2 Å². The van der Waals surface area contributed by atoms with Crippen molar-refractivity contribution in [3.63, 3.8) is 0 Å². The topological polar surface area (TPSA) is 86.8 Å². The number of carbonyl (C=O) groups is 2. The van der Waals surface area contributed by atoms with Gasteiger partial charge in [0.15, 0.2) is 0 Å². The van der Waals surface area contributed by atoms with Gasteiger partial charge in [-0.25, -0.2) is 8.42 Å². The molecule has 42 heavy (non-hydrogen) atoms. The Kier molecular flexibility index (Phi) is 12.0. The summed E-state index contributed by atoms with van der Waals surface area (Å²) in [5, 5.41) is 3.88. The number of halogens is 4. The minimum atomic E-state index is -4.30. The van der Waals surface area contributed by atoms with Crippen LogP contribution in [0.1, 0.15) is 44.7 Å². The molecule has 0 aromatic heterocycles. The lowest BCUT2D eigenvalue weighted by molar-refractivity contribution is -0.140. The van der Waals surface area contributed by atoms with Crippen molar-refractivity contribution in [3.05, 3.63) is 91.9 Å². The smallest absolute Gasteiger partial charge is 0.264 e. The highest BCUT2D eigenvalue weighted by Crippen LogP contribution is 2.33. The molecule has 0 spiro atoms. The number of rotatable bonds is 12. The largest absolute Gasteiger partial charge is 0.352 e. The van der Waals surface area contributed by atoms with Gasteiger partial charge in [0.25, 0.3) is 10.0 Å². The molecule has 0 aliphatic rings. The molecule has 1 N–H and O–H groups in total. The molecule has 3 rings (SSSR count). The lowest BCUT2D eigenvalue weighted by atomic mass is 10.1. The molecule has 0 bridgehead atoms. The van der Waals surface area contributed by atoms with Crippen molar-refractivity contribution in [1.29, 1.82) is 0 Å². The van der Waals surface area contributed by atoms with E-state index in [9.17, 15) is 18.0 Å². The Labute approximate surface area is 267 Å². The van der Waals surface area contributed by atoms with Crippen molar-refractivity contribution in [2.45, 2.75) is 64.1 Å². The third-order valence-corrected chi connectivity index (χ3v) is 9.86. The minimum Gasteiger partial charge on any atom is -0.352 e. The molecule has 0 aliphatic carbocycles. The molecule has 0 aliphatic heterocycles. The van der Waals surface area contributed by atoms with Crippen LogP contribution < -0.4 is 9.62 Å². The fraction of sp³-hybridized carbons (Fsp3) is 0.333. The fourth-order valence-corrected chi connectivity index (χ4v) is 6.40. The van der Waals surface area contributed by atoms with Gasteiger partial charge < -0.3 is 10.2 Å². The minimum absolute atomic E-state index is 0.0240. The van der Waals surface area contributed by atoms with Gasteiger partial charge >= 0.3 is 0 Å². The zero-order valence-electron chi connectivity index (χ0n) is 23.7. The van der Waals surface area contributed by atoms with Crippen molar-refractivity contribution in [2.24, 2.45) is 0 Å². The van der Waals surface area contributed by atoms with E-state index in [4.69, 9.17) is 46.4 Å². The van der Waals surface area contributed by atoms with Crippen molar-refractivity contribution in [2.75, 3.05) is 10.8 Å². The predicted molar refractivity (Wildman–Crippen MR) is 171 cm³/mol. The average molecular weight is 673 g/mol. The molecule has 0 radical (unpaired) electrons. The Morgan fingerprint density at radius 1 is 0.857 bits per heavy atom. The molecule has 0 saturated heterocycles. The first-order chi connectivity index (χ1) is 19.8. The van der Waals surface area contributed by atoms with E-state index in [1.807, 2.05) is 20.8 Å². The van der Waals surface area contributed by atoms with Gasteiger partial charge in [0.2, 0.25) is 11.8 Å². The summed E-state index contributed by atoms with van der Waals surface area (Å²) in [7, 11) is -4.30. The second kappa shape index (κ2) is 14.8. The van der Waals surface area contributed by atoms with Crippen LogP contribution in [0.25, 0.3) is 0 Å². The molecule has 3 aromatic carbocycles. The Bertz CT molecular complexity index is 1530. The number of hydrogen-bond acceptors (Lipinski definition) is 4. The van der Waals surface area contributed by atoms with Crippen molar-refractivity contribution in [3.8, 4) is 0 Å². The number of hydrogen-bond donors (Lipinski definition) is 1. The maximum Gasteiger partial charge on any atom is 0.264 e. The first kappa shape index (κ1) is 34.0. The van der Waals surface area contributed by atoms with Crippen molar-refractivity contribution in [1.82, 2.24) is 10.2 Å². The molecular formula is C30H33Cl4N3O4S. The lowest BCUT2D eigenvalue weighted by Gasteiger charge is -2.34. The third-order valence-electron chi connectivity index (χ3n) is 6.79. The van der Waals surface area contributed by atoms with Crippen LogP contribution in [0.2, 0.25) is 20.1 Å². The maximum atomic E-state index is 14.2.